The Hall–Kier alpha value is -1.90. The number of nitrogens with zero attached hydrogens (tertiary/aromatic N) is 6. The molecule has 0 bridgehead atoms. The normalized spacial score (nSPS) is 15.9. The lowest BCUT2D eigenvalue weighted by molar-refractivity contribution is 0.657. The number of hydrogen-bond acceptors (Lipinski definition) is 8. The number of rotatable bonds is 5. The summed E-state index contributed by atoms with van der Waals surface area (Å²) in [5.74, 6) is 3.96. The van der Waals surface area contributed by atoms with Gasteiger partial charge in [-0.15, -0.1) is 0 Å². The minimum Gasteiger partial charge on any atom is -0.354 e. The van der Waals surface area contributed by atoms with Crippen molar-refractivity contribution in [1.82, 2.24) is 29.7 Å². The Kier molecular flexibility index (Phi) is 4.49. The van der Waals surface area contributed by atoms with Crippen molar-refractivity contribution in [3.05, 3.63) is 12.7 Å². The molecule has 8 nitrogen and oxygen atoms in total. The molecule has 0 aromatic carbocycles. The smallest absolute Gasteiger partial charge is 0.258 e. The van der Waals surface area contributed by atoms with Crippen molar-refractivity contribution in [2.75, 3.05) is 28.7 Å². The van der Waals surface area contributed by atoms with E-state index in [1.165, 1.54) is 22.5 Å². The van der Waals surface area contributed by atoms with Gasteiger partial charge in [-0.05, 0) is 31.3 Å². The van der Waals surface area contributed by atoms with E-state index in [9.17, 15) is 0 Å². The van der Waals surface area contributed by atoms with Gasteiger partial charge in [-0.3, -0.25) is 0 Å². The molecule has 0 amide bonds. The molecule has 0 spiro atoms. The lowest BCUT2D eigenvalue weighted by Crippen LogP contribution is -2.26. The molecule has 0 unspecified atom stereocenters. The van der Waals surface area contributed by atoms with Gasteiger partial charge in [0.1, 0.15) is 12.7 Å². The highest BCUT2D eigenvalue weighted by atomic mass is 32.2. The van der Waals surface area contributed by atoms with E-state index in [1.807, 2.05) is 18.7 Å². The second-order valence-electron chi connectivity index (χ2n) is 4.68. The molecular formula is C12H18N8S. The van der Waals surface area contributed by atoms with Crippen molar-refractivity contribution < 1.29 is 0 Å². The molecule has 0 atom stereocenters. The lowest BCUT2D eigenvalue weighted by atomic mass is 10.2. The fourth-order valence-electron chi connectivity index (χ4n) is 2.10. The molecule has 3 heterocycles. The van der Waals surface area contributed by atoms with E-state index in [1.54, 1.807) is 6.33 Å². The summed E-state index contributed by atoms with van der Waals surface area (Å²) in [6.07, 6.45) is 5.30. The summed E-state index contributed by atoms with van der Waals surface area (Å²) in [6, 6.07) is 0.423. The van der Waals surface area contributed by atoms with Crippen LogP contribution in [0.5, 0.6) is 0 Å². The SMILES string of the molecule is CCNc1nc(NC2CCSCC2)nc(-n2cncn2)n1. The van der Waals surface area contributed by atoms with Crippen molar-refractivity contribution in [1.29, 1.82) is 0 Å². The molecule has 1 aliphatic heterocycles. The lowest BCUT2D eigenvalue weighted by Gasteiger charge is -2.22. The van der Waals surface area contributed by atoms with Gasteiger partial charge in [-0.25, -0.2) is 4.98 Å². The van der Waals surface area contributed by atoms with Crippen LogP contribution < -0.4 is 10.6 Å². The first kappa shape index (κ1) is 14.1. The molecule has 1 fully saturated rings. The summed E-state index contributed by atoms with van der Waals surface area (Å²) >= 11 is 1.99. The average molecular weight is 306 g/mol. The van der Waals surface area contributed by atoms with Gasteiger partial charge in [0, 0.05) is 12.6 Å². The monoisotopic (exact) mass is 306 g/mol. The number of aromatic nitrogens is 6. The highest BCUT2D eigenvalue weighted by molar-refractivity contribution is 7.99. The van der Waals surface area contributed by atoms with Crippen molar-refractivity contribution >= 4 is 23.7 Å². The first-order valence-corrected chi connectivity index (χ1v) is 8.20. The second-order valence-corrected chi connectivity index (χ2v) is 5.91. The van der Waals surface area contributed by atoms with Gasteiger partial charge < -0.3 is 10.6 Å². The predicted molar refractivity (Wildman–Crippen MR) is 82.9 cm³/mol. The third kappa shape index (κ3) is 3.60. The molecule has 0 aliphatic carbocycles. The summed E-state index contributed by atoms with van der Waals surface area (Å²) in [4.78, 5) is 17.1. The molecule has 3 rings (SSSR count). The average Bonchev–Trinajstić information content (AvgIpc) is 3.03. The van der Waals surface area contributed by atoms with Crippen LogP contribution >= 0.6 is 11.8 Å². The van der Waals surface area contributed by atoms with E-state index in [-0.39, 0.29) is 0 Å². The highest BCUT2D eigenvalue weighted by Crippen LogP contribution is 2.20. The van der Waals surface area contributed by atoms with Crippen LogP contribution in [-0.4, -0.2) is 53.8 Å². The van der Waals surface area contributed by atoms with Gasteiger partial charge in [0.15, 0.2) is 0 Å². The molecule has 1 aliphatic rings. The maximum Gasteiger partial charge on any atom is 0.258 e. The molecule has 0 radical (unpaired) electrons. The zero-order valence-electron chi connectivity index (χ0n) is 11.9. The summed E-state index contributed by atoms with van der Waals surface area (Å²) < 4.78 is 1.53. The first-order valence-electron chi connectivity index (χ1n) is 7.04. The van der Waals surface area contributed by atoms with Crippen LogP contribution in [0.25, 0.3) is 5.95 Å². The van der Waals surface area contributed by atoms with Gasteiger partial charge in [-0.2, -0.15) is 36.5 Å². The minimum atomic E-state index is 0.423. The first-order chi connectivity index (χ1) is 10.3. The van der Waals surface area contributed by atoms with Crippen molar-refractivity contribution in [3.8, 4) is 5.95 Å². The van der Waals surface area contributed by atoms with Gasteiger partial charge in [0.05, 0.1) is 0 Å². The molecule has 2 aromatic heterocycles. The van der Waals surface area contributed by atoms with E-state index in [4.69, 9.17) is 0 Å². The molecule has 2 aromatic rings. The van der Waals surface area contributed by atoms with E-state index in [0.717, 1.165) is 19.4 Å². The van der Waals surface area contributed by atoms with E-state index in [2.05, 4.69) is 35.7 Å². The molecule has 21 heavy (non-hydrogen) atoms. The Bertz CT molecular complexity index is 567. The van der Waals surface area contributed by atoms with Crippen LogP contribution in [0, 0.1) is 0 Å². The van der Waals surface area contributed by atoms with E-state index < -0.39 is 0 Å². The van der Waals surface area contributed by atoms with Crippen LogP contribution in [0.4, 0.5) is 11.9 Å². The second kappa shape index (κ2) is 6.70. The van der Waals surface area contributed by atoms with Crippen LogP contribution in [0.2, 0.25) is 0 Å². The predicted octanol–water partition coefficient (Wildman–Crippen LogP) is 1.19. The number of hydrogen-bond donors (Lipinski definition) is 2. The zero-order valence-corrected chi connectivity index (χ0v) is 12.7. The number of anilines is 2. The van der Waals surface area contributed by atoms with E-state index >= 15 is 0 Å². The van der Waals surface area contributed by atoms with Crippen LogP contribution in [0.3, 0.4) is 0 Å². The molecule has 9 heteroatoms. The van der Waals surface area contributed by atoms with Crippen molar-refractivity contribution in [3.63, 3.8) is 0 Å². The third-order valence-corrected chi connectivity index (χ3v) is 4.19. The standard InChI is InChI=1S/C12H18N8S/c1-2-14-10-17-11(16-9-3-5-21-6-4-9)19-12(18-10)20-8-13-7-15-20/h7-9H,2-6H2,1H3,(H2,14,16,17,18,19). The number of thioether (sulfide) groups is 1. The molecule has 112 valence electrons. The quantitative estimate of drug-likeness (QED) is 0.851. The maximum absolute atomic E-state index is 4.43. The van der Waals surface area contributed by atoms with E-state index in [0.29, 0.717) is 23.9 Å². The van der Waals surface area contributed by atoms with Gasteiger partial charge in [0.25, 0.3) is 5.95 Å². The van der Waals surface area contributed by atoms with Gasteiger partial charge >= 0.3 is 0 Å². The summed E-state index contributed by atoms with van der Waals surface area (Å²) in [5, 5.41) is 10.6. The Morgan fingerprint density at radius 1 is 1.24 bits per heavy atom. The summed E-state index contributed by atoms with van der Waals surface area (Å²) in [5.41, 5.74) is 0. The van der Waals surface area contributed by atoms with Gasteiger partial charge in [0.2, 0.25) is 11.9 Å². The Labute approximate surface area is 127 Å². The molecular weight excluding hydrogens is 288 g/mol. The van der Waals surface area contributed by atoms with Crippen LogP contribution in [0.15, 0.2) is 12.7 Å². The van der Waals surface area contributed by atoms with Gasteiger partial charge in [-0.1, -0.05) is 0 Å². The summed E-state index contributed by atoms with van der Waals surface area (Å²) in [7, 11) is 0. The minimum absolute atomic E-state index is 0.423. The highest BCUT2D eigenvalue weighted by Gasteiger charge is 2.16. The van der Waals surface area contributed by atoms with Crippen molar-refractivity contribution in [2.45, 2.75) is 25.8 Å². The fraction of sp³-hybridized carbons (Fsp3) is 0.583. The maximum atomic E-state index is 4.43. The number of nitrogens with one attached hydrogen (secondary N) is 2. The van der Waals surface area contributed by atoms with Crippen LogP contribution in [0.1, 0.15) is 19.8 Å². The van der Waals surface area contributed by atoms with Crippen molar-refractivity contribution in [2.24, 2.45) is 0 Å². The summed E-state index contributed by atoms with van der Waals surface area (Å²) in [6.45, 7) is 2.75. The molecule has 1 saturated heterocycles. The Balaban J connectivity index is 1.84. The Morgan fingerprint density at radius 3 is 2.76 bits per heavy atom. The molecule has 2 N–H and O–H groups in total. The Morgan fingerprint density at radius 2 is 2.05 bits per heavy atom. The van der Waals surface area contributed by atoms with Crippen LogP contribution in [-0.2, 0) is 0 Å². The fourth-order valence-corrected chi connectivity index (χ4v) is 3.21. The zero-order chi connectivity index (χ0) is 14.5. The third-order valence-electron chi connectivity index (χ3n) is 3.14. The topological polar surface area (TPSA) is 93.4 Å². The largest absolute Gasteiger partial charge is 0.354 e. The molecule has 0 saturated carbocycles.